The molecule has 2 N–H and O–H groups in total. The van der Waals surface area contributed by atoms with Gasteiger partial charge in [0.05, 0.1) is 9.95 Å². The van der Waals surface area contributed by atoms with E-state index in [0.29, 0.717) is 23.6 Å². The minimum absolute atomic E-state index is 0.0355. The first-order valence-corrected chi connectivity index (χ1v) is 7.58. The topological polar surface area (TPSA) is 69.2 Å². The van der Waals surface area contributed by atoms with Gasteiger partial charge >= 0.3 is 0 Å². The van der Waals surface area contributed by atoms with Crippen molar-refractivity contribution in [2.75, 3.05) is 6.54 Å². The molecule has 1 aliphatic rings. The molecular formula is C15H21ClN2O2. The maximum Gasteiger partial charge on any atom is 0.274 e. The van der Waals surface area contributed by atoms with E-state index >= 15 is 0 Å². The van der Waals surface area contributed by atoms with Gasteiger partial charge in [-0.1, -0.05) is 43.4 Å². The van der Waals surface area contributed by atoms with E-state index < -0.39 is 0 Å². The summed E-state index contributed by atoms with van der Waals surface area (Å²) in [6.07, 6.45) is 7.43. The second kappa shape index (κ2) is 6.55. The Labute approximate surface area is 124 Å². The standard InChI is InChI=1S/C15H21ClN2O2/c16-13-6-5-7-14(18(19)20)12(13)10-15(11-17)8-3-1-2-4-9-15/h5-7H,1-4,8-11,17H2. The number of hydrogen-bond donors (Lipinski definition) is 1. The summed E-state index contributed by atoms with van der Waals surface area (Å²) in [6.45, 7) is 0.565. The smallest absolute Gasteiger partial charge is 0.274 e. The van der Waals surface area contributed by atoms with Gasteiger partial charge in [-0.05, 0) is 37.3 Å². The molecule has 0 atom stereocenters. The van der Waals surface area contributed by atoms with E-state index in [1.54, 1.807) is 12.1 Å². The Balaban J connectivity index is 2.33. The lowest BCUT2D eigenvalue weighted by molar-refractivity contribution is -0.385. The summed E-state index contributed by atoms with van der Waals surface area (Å²) in [5, 5.41) is 11.7. The van der Waals surface area contributed by atoms with E-state index in [1.807, 2.05) is 0 Å². The number of rotatable bonds is 4. The van der Waals surface area contributed by atoms with E-state index in [0.717, 1.165) is 25.7 Å². The lowest BCUT2D eigenvalue weighted by Gasteiger charge is -2.31. The number of hydrogen-bond acceptors (Lipinski definition) is 3. The molecule has 110 valence electrons. The minimum Gasteiger partial charge on any atom is -0.330 e. The summed E-state index contributed by atoms with van der Waals surface area (Å²) in [4.78, 5) is 10.8. The molecule has 0 aromatic heterocycles. The van der Waals surface area contributed by atoms with E-state index in [-0.39, 0.29) is 16.0 Å². The average Bonchev–Trinajstić information content (AvgIpc) is 2.67. The Hall–Kier alpha value is -1.13. The number of nitro benzene ring substituents is 1. The zero-order valence-corrected chi connectivity index (χ0v) is 12.4. The second-order valence-corrected chi connectivity index (χ2v) is 6.20. The SMILES string of the molecule is NCC1(Cc2c(Cl)cccc2[N+](=O)[O-])CCCCCC1. The van der Waals surface area contributed by atoms with Gasteiger partial charge in [-0.3, -0.25) is 10.1 Å². The molecule has 4 nitrogen and oxygen atoms in total. The molecule has 0 aliphatic heterocycles. The van der Waals surface area contributed by atoms with Crippen LogP contribution >= 0.6 is 11.6 Å². The molecule has 0 saturated heterocycles. The summed E-state index contributed by atoms with van der Waals surface area (Å²) in [7, 11) is 0. The van der Waals surface area contributed by atoms with Crippen LogP contribution in [0, 0.1) is 15.5 Å². The van der Waals surface area contributed by atoms with Gasteiger partial charge in [-0.25, -0.2) is 0 Å². The first-order valence-electron chi connectivity index (χ1n) is 7.20. The van der Waals surface area contributed by atoms with Gasteiger partial charge in [0.2, 0.25) is 0 Å². The van der Waals surface area contributed by atoms with Crippen molar-refractivity contribution in [2.45, 2.75) is 44.9 Å². The third kappa shape index (κ3) is 3.30. The van der Waals surface area contributed by atoms with Gasteiger partial charge in [0.1, 0.15) is 0 Å². The molecule has 0 heterocycles. The third-order valence-corrected chi connectivity index (χ3v) is 4.79. The molecule has 20 heavy (non-hydrogen) atoms. The number of nitrogens with two attached hydrogens (primary N) is 1. The van der Waals surface area contributed by atoms with Gasteiger partial charge < -0.3 is 5.73 Å². The number of benzene rings is 1. The lowest BCUT2D eigenvalue weighted by Crippen LogP contribution is -2.32. The zero-order valence-electron chi connectivity index (χ0n) is 11.6. The molecule has 1 fully saturated rings. The van der Waals surface area contributed by atoms with Crippen molar-refractivity contribution in [1.29, 1.82) is 0 Å². The number of nitrogens with zero attached hydrogens (tertiary/aromatic N) is 1. The van der Waals surface area contributed by atoms with Crippen molar-refractivity contribution in [2.24, 2.45) is 11.1 Å². The molecule has 5 heteroatoms. The molecule has 1 aromatic rings. The largest absolute Gasteiger partial charge is 0.330 e. The van der Waals surface area contributed by atoms with Crippen LogP contribution in [0.2, 0.25) is 5.02 Å². The third-order valence-electron chi connectivity index (χ3n) is 4.44. The Bertz CT molecular complexity index is 483. The highest BCUT2D eigenvalue weighted by Gasteiger charge is 2.33. The zero-order chi connectivity index (χ0) is 14.6. The molecule has 1 aromatic carbocycles. The molecule has 0 radical (unpaired) electrons. The van der Waals surface area contributed by atoms with Crippen LogP contribution in [0.4, 0.5) is 5.69 Å². The van der Waals surface area contributed by atoms with Crippen molar-refractivity contribution in [3.05, 3.63) is 38.9 Å². The monoisotopic (exact) mass is 296 g/mol. The number of halogens is 1. The Morgan fingerprint density at radius 3 is 2.45 bits per heavy atom. The minimum atomic E-state index is -0.345. The summed E-state index contributed by atoms with van der Waals surface area (Å²) < 4.78 is 0. The molecule has 0 unspecified atom stereocenters. The van der Waals surface area contributed by atoms with Crippen LogP contribution in [-0.4, -0.2) is 11.5 Å². The average molecular weight is 297 g/mol. The maximum atomic E-state index is 11.2. The first kappa shape index (κ1) is 15.3. The quantitative estimate of drug-likeness (QED) is 0.517. The van der Waals surface area contributed by atoms with Crippen molar-refractivity contribution in [3.8, 4) is 0 Å². The van der Waals surface area contributed by atoms with Crippen molar-refractivity contribution >= 4 is 17.3 Å². The molecule has 0 bridgehead atoms. The maximum absolute atomic E-state index is 11.2. The Kier molecular flexibility index (Phi) is 5.00. The molecular weight excluding hydrogens is 276 g/mol. The van der Waals surface area contributed by atoms with Gasteiger partial charge in [0, 0.05) is 11.6 Å². The highest BCUT2D eigenvalue weighted by Crippen LogP contribution is 2.40. The van der Waals surface area contributed by atoms with E-state index in [9.17, 15) is 10.1 Å². The Morgan fingerprint density at radius 2 is 1.90 bits per heavy atom. The van der Waals surface area contributed by atoms with E-state index in [4.69, 9.17) is 17.3 Å². The Morgan fingerprint density at radius 1 is 1.25 bits per heavy atom. The lowest BCUT2D eigenvalue weighted by atomic mass is 9.75. The molecule has 0 spiro atoms. The van der Waals surface area contributed by atoms with Crippen molar-refractivity contribution in [3.63, 3.8) is 0 Å². The highest BCUT2D eigenvalue weighted by molar-refractivity contribution is 6.31. The van der Waals surface area contributed by atoms with Crippen LogP contribution < -0.4 is 5.73 Å². The molecule has 1 saturated carbocycles. The fraction of sp³-hybridized carbons (Fsp3) is 0.600. The normalized spacial score (nSPS) is 18.5. The predicted molar refractivity (Wildman–Crippen MR) is 81.0 cm³/mol. The second-order valence-electron chi connectivity index (χ2n) is 5.79. The van der Waals surface area contributed by atoms with Crippen LogP contribution in [0.5, 0.6) is 0 Å². The van der Waals surface area contributed by atoms with Gasteiger partial charge in [0.15, 0.2) is 0 Å². The summed E-state index contributed by atoms with van der Waals surface area (Å²) >= 11 is 6.21. The summed E-state index contributed by atoms with van der Waals surface area (Å²) in [6, 6.07) is 4.89. The van der Waals surface area contributed by atoms with Gasteiger partial charge in [0.25, 0.3) is 5.69 Å². The van der Waals surface area contributed by atoms with Crippen LogP contribution in [0.15, 0.2) is 18.2 Å². The van der Waals surface area contributed by atoms with Crippen LogP contribution in [0.25, 0.3) is 0 Å². The van der Waals surface area contributed by atoms with Crippen LogP contribution in [0.3, 0.4) is 0 Å². The van der Waals surface area contributed by atoms with Crippen molar-refractivity contribution in [1.82, 2.24) is 0 Å². The fourth-order valence-corrected chi connectivity index (χ4v) is 3.44. The molecule has 2 rings (SSSR count). The van der Waals surface area contributed by atoms with Crippen LogP contribution in [-0.2, 0) is 6.42 Å². The van der Waals surface area contributed by atoms with Gasteiger partial charge in [-0.2, -0.15) is 0 Å². The summed E-state index contributed by atoms with van der Waals surface area (Å²) in [5.41, 5.74) is 6.75. The molecule has 1 aliphatic carbocycles. The first-order chi connectivity index (χ1) is 9.58. The summed E-state index contributed by atoms with van der Waals surface area (Å²) in [5.74, 6) is 0. The highest BCUT2D eigenvalue weighted by atomic mass is 35.5. The number of nitro groups is 1. The van der Waals surface area contributed by atoms with E-state index in [2.05, 4.69) is 0 Å². The predicted octanol–water partition coefficient (Wildman–Crippen LogP) is 4.09. The van der Waals surface area contributed by atoms with Crippen molar-refractivity contribution < 1.29 is 4.92 Å². The fourth-order valence-electron chi connectivity index (χ4n) is 3.20. The molecule has 0 amide bonds. The van der Waals surface area contributed by atoms with Gasteiger partial charge in [-0.15, -0.1) is 0 Å². The van der Waals surface area contributed by atoms with E-state index in [1.165, 1.54) is 18.9 Å². The van der Waals surface area contributed by atoms with Crippen LogP contribution in [0.1, 0.15) is 44.1 Å².